The molecule has 6 nitrogen and oxygen atoms in total. The molecule has 0 aliphatic rings. The van der Waals surface area contributed by atoms with E-state index in [9.17, 15) is 18.0 Å². The normalized spacial score (nSPS) is 11.7. The first-order valence-corrected chi connectivity index (χ1v) is 9.66. The van der Waals surface area contributed by atoms with Gasteiger partial charge in [-0.15, -0.1) is 0 Å². The molecule has 0 radical (unpaired) electrons. The van der Waals surface area contributed by atoms with Crippen LogP contribution in [0.15, 0.2) is 65.4 Å². The number of halogens is 3. The standard InChI is InChI=1S/C22H19F3N4O2/c1-2-29-20-18(12-26-29)17(11-19(27-20)15-7-4-3-5-8-15)21(30)28(14-22(23,24)25)13-16-9-6-10-31-16/h3-12H,2,13-14H2,1H3. The molecule has 0 spiro atoms. The van der Waals surface area contributed by atoms with Crippen molar-refractivity contribution < 1.29 is 22.4 Å². The van der Waals surface area contributed by atoms with E-state index in [0.29, 0.717) is 23.3 Å². The van der Waals surface area contributed by atoms with Gasteiger partial charge in [-0.2, -0.15) is 18.3 Å². The SMILES string of the molecule is CCn1ncc2c(C(=O)N(Cc3ccco3)CC(F)(F)F)cc(-c3ccccc3)nc21. The number of benzene rings is 1. The molecule has 0 unspecified atom stereocenters. The van der Waals surface area contributed by atoms with E-state index >= 15 is 0 Å². The molecule has 9 heteroatoms. The Hall–Kier alpha value is -3.62. The molecule has 3 aromatic heterocycles. The van der Waals surface area contributed by atoms with Crippen molar-refractivity contribution in [3.63, 3.8) is 0 Å². The Morgan fingerprint density at radius 3 is 2.58 bits per heavy atom. The number of hydrogen-bond acceptors (Lipinski definition) is 4. The number of rotatable bonds is 6. The number of alkyl halides is 3. The lowest BCUT2D eigenvalue weighted by atomic mass is 10.1. The molecule has 0 atom stereocenters. The minimum atomic E-state index is -4.57. The van der Waals surface area contributed by atoms with Gasteiger partial charge in [0.1, 0.15) is 12.3 Å². The van der Waals surface area contributed by atoms with Crippen molar-refractivity contribution in [2.45, 2.75) is 26.2 Å². The highest BCUT2D eigenvalue weighted by molar-refractivity contribution is 6.06. The lowest BCUT2D eigenvalue weighted by Crippen LogP contribution is -2.38. The number of fused-ring (bicyclic) bond motifs is 1. The molecule has 1 amide bonds. The van der Waals surface area contributed by atoms with Gasteiger partial charge in [-0.05, 0) is 25.1 Å². The zero-order valence-corrected chi connectivity index (χ0v) is 16.6. The van der Waals surface area contributed by atoms with E-state index in [2.05, 4.69) is 10.1 Å². The van der Waals surface area contributed by atoms with Crippen LogP contribution in [0.2, 0.25) is 0 Å². The van der Waals surface area contributed by atoms with Gasteiger partial charge in [0.05, 0.1) is 35.6 Å². The van der Waals surface area contributed by atoms with Gasteiger partial charge in [-0.25, -0.2) is 9.67 Å². The Kier molecular flexibility index (Phi) is 5.50. The van der Waals surface area contributed by atoms with Crippen molar-refractivity contribution in [1.29, 1.82) is 0 Å². The van der Waals surface area contributed by atoms with E-state index < -0.39 is 18.6 Å². The summed E-state index contributed by atoms with van der Waals surface area (Å²) in [4.78, 5) is 18.7. The summed E-state index contributed by atoms with van der Waals surface area (Å²) in [5, 5.41) is 4.65. The number of nitrogens with zero attached hydrogens (tertiary/aromatic N) is 4. The van der Waals surface area contributed by atoms with E-state index in [1.807, 2.05) is 37.3 Å². The first-order chi connectivity index (χ1) is 14.9. The van der Waals surface area contributed by atoms with Crippen LogP contribution >= 0.6 is 0 Å². The van der Waals surface area contributed by atoms with Crippen LogP contribution in [0.1, 0.15) is 23.0 Å². The van der Waals surface area contributed by atoms with Crippen LogP contribution in [0, 0.1) is 0 Å². The van der Waals surface area contributed by atoms with E-state index in [4.69, 9.17) is 4.42 Å². The average molecular weight is 428 g/mol. The first kappa shape index (κ1) is 20.6. The van der Waals surface area contributed by atoms with Crippen LogP contribution in [0.5, 0.6) is 0 Å². The third-order valence-corrected chi connectivity index (χ3v) is 4.79. The zero-order valence-electron chi connectivity index (χ0n) is 16.6. The second-order valence-electron chi connectivity index (χ2n) is 6.97. The predicted octanol–water partition coefficient (Wildman–Crippen LogP) is 4.92. The van der Waals surface area contributed by atoms with Crippen LogP contribution in [0.3, 0.4) is 0 Å². The molecular formula is C22H19F3N4O2. The Bertz CT molecular complexity index is 1180. The van der Waals surface area contributed by atoms with Crippen molar-refractivity contribution >= 4 is 16.9 Å². The maximum Gasteiger partial charge on any atom is 0.406 e. The van der Waals surface area contributed by atoms with Gasteiger partial charge in [0, 0.05) is 12.1 Å². The van der Waals surface area contributed by atoms with E-state index in [1.165, 1.54) is 24.6 Å². The maximum absolute atomic E-state index is 13.4. The zero-order chi connectivity index (χ0) is 22.0. The van der Waals surface area contributed by atoms with E-state index in [1.54, 1.807) is 10.7 Å². The summed E-state index contributed by atoms with van der Waals surface area (Å²) < 4.78 is 46.6. The highest BCUT2D eigenvalue weighted by Crippen LogP contribution is 2.28. The Labute approximate surface area is 175 Å². The summed E-state index contributed by atoms with van der Waals surface area (Å²) in [6, 6.07) is 13.8. The number of furan rings is 1. The predicted molar refractivity (Wildman–Crippen MR) is 108 cm³/mol. The van der Waals surface area contributed by atoms with Gasteiger partial charge in [0.2, 0.25) is 0 Å². The molecule has 4 rings (SSSR count). The molecule has 4 aromatic rings. The number of amides is 1. The minimum Gasteiger partial charge on any atom is -0.467 e. The van der Waals surface area contributed by atoms with Gasteiger partial charge in [0.25, 0.3) is 5.91 Å². The summed E-state index contributed by atoms with van der Waals surface area (Å²) in [6.07, 6.45) is -1.74. The van der Waals surface area contributed by atoms with Crippen molar-refractivity contribution in [1.82, 2.24) is 19.7 Å². The monoisotopic (exact) mass is 428 g/mol. The van der Waals surface area contributed by atoms with E-state index in [-0.39, 0.29) is 17.9 Å². The highest BCUT2D eigenvalue weighted by Gasteiger charge is 2.34. The van der Waals surface area contributed by atoms with Crippen LogP contribution in [-0.4, -0.2) is 38.3 Å². The molecule has 0 N–H and O–H groups in total. The number of aromatic nitrogens is 3. The molecule has 3 heterocycles. The molecule has 31 heavy (non-hydrogen) atoms. The molecule has 160 valence electrons. The Balaban J connectivity index is 1.83. The third kappa shape index (κ3) is 4.45. The Morgan fingerprint density at radius 2 is 1.94 bits per heavy atom. The van der Waals surface area contributed by atoms with Crippen LogP contribution < -0.4 is 0 Å². The second kappa shape index (κ2) is 8.25. The molecule has 0 bridgehead atoms. The maximum atomic E-state index is 13.4. The van der Waals surface area contributed by atoms with Crippen molar-refractivity contribution in [2.75, 3.05) is 6.54 Å². The van der Waals surface area contributed by atoms with Gasteiger partial charge in [-0.1, -0.05) is 30.3 Å². The molecule has 0 aliphatic heterocycles. The smallest absolute Gasteiger partial charge is 0.406 e. The topological polar surface area (TPSA) is 64.2 Å². The third-order valence-electron chi connectivity index (χ3n) is 4.79. The van der Waals surface area contributed by atoms with Crippen LogP contribution in [0.4, 0.5) is 13.2 Å². The summed E-state index contributed by atoms with van der Waals surface area (Å²) in [5.41, 5.74) is 1.78. The van der Waals surface area contributed by atoms with Crippen LogP contribution in [0.25, 0.3) is 22.3 Å². The highest BCUT2D eigenvalue weighted by atomic mass is 19.4. The van der Waals surface area contributed by atoms with Gasteiger partial charge >= 0.3 is 6.18 Å². The van der Waals surface area contributed by atoms with Gasteiger partial charge < -0.3 is 9.32 Å². The van der Waals surface area contributed by atoms with Crippen molar-refractivity contribution in [2.24, 2.45) is 0 Å². The van der Waals surface area contributed by atoms with Crippen molar-refractivity contribution in [3.05, 3.63) is 72.3 Å². The largest absolute Gasteiger partial charge is 0.467 e. The second-order valence-corrected chi connectivity index (χ2v) is 6.97. The molecule has 0 aliphatic carbocycles. The fourth-order valence-corrected chi connectivity index (χ4v) is 3.39. The number of carbonyl (C=O) groups excluding carboxylic acids is 1. The number of aryl methyl sites for hydroxylation is 1. The van der Waals surface area contributed by atoms with Crippen LogP contribution in [-0.2, 0) is 13.1 Å². The summed E-state index contributed by atoms with van der Waals surface area (Å²) in [7, 11) is 0. The van der Waals surface area contributed by atoms with Gasteiger partial charge in [-0.3, -0.25) is 4.79 Å². The van der Waals surface area contributed by atoms with Crippen molar-refractivity contribution in [3.8, 4) is 11.3 Å². The lowest BCUT2D eigenvalue weighted by molar-refractivity contribution is -0.142. The fourth-order valence-electron chi connectivity index (χ4n) is 3.39. The summed E-state index contributed by atoms with van der Waals surface area (Å²) >= 11 is 0. The van der Waals surface area contributed by atoms with E-state index in [0.717, 1.165) is 10.5 Å². The number of carbonyl (C=O) groups is 1. The average Bonchev–Trinajstić information content (AvgIpc) is 3.41. The fraction of sp³-hybridized carbons (Fsp3) is 0.227. The minimum absolute atomic E-state index is 0.111. The molecule has 0 saturated carbocycles. The Morgan fingerprint density at radius 1 is 1.16 bits per heavy atom. The number of hydrogen-bond donors (Lipinski definition) is 0. The quantitative estimate of drug-likeness (QED) is 0.438. The summed E-state index contributed by atoms with van der Waals surface area (Å²) in [5.74, 6) is -0.510. The first-order valence-electron chi connectivity index (χ1n) is 9.66. The summed E-state index contributed by atoms with van der Waals surface area (Å²) in [6.45, 7) is 0.662. The molecule has 0 saturated heterocycles. The number of pyridine rings is 1. The lowest BCUT2D eigenvalue weighted by Gasteiger charge is -2.23. The molecular weight excluding hydrogens is 409 g/mol. The molecule has 1 aromatic carbocycles. The molecule has 0 fully saturated rings. The van der Waals surface area contributed by atoms with Gasteiger partial charge in [0.15, 0.2) is 5.65 Å².